The van der Waals surface area contributed by atoms with Gasteiger partial charge in [-0.15, -0.1) is 0 Å². The molecule has 0 spiro atoms. The summed E-state index contributed by atoms with van der Waals surface area (Å²) in [7, 11) is 2.92. The summed E-state index contributed by atoms with van der Waals surface area (Å²) in [5.41, 5.74) is 8.29. The molecule has 3 N–H and O–H groups in total. The van der Waals surface area contributed by atoms with E-state index in [2.05, 4.69) is 15.0 Å². The van der Waals surface area contributed by atoms with Gasteiger partial charge in [0.05, 0.1) is 25.5 Å². The molecule has 1 aromatic heterocycles. The van der Waals surface area contributed by atoms with Crippen LogP contribution in [0.15, 0.2) is 30.5 Å². The van der Waals surface area contributed by atoms with E-state index in [-0.39, 0.29) is 11.3 Å². The standard InChI is InChI=1S/C15H17N3O3/c1-9-8-10(20-2)4-5-12(9)18-14-13(16)11(6-7-17-14)15(19)21-3/h4-8H,16H2,1-3H3,(H,17,18). The number of carbonyl (C=O) groups excluding carboxylic acids is 1. The van der Waals surface area contributed by atoms with Crippen molar-refractivity contribution in [1.82, 2.24) is 4.98 Å². The SMILES string of the molecule is COC(=O)c1ccnc(Nc2ccc(OC)cc2C)c1N. The average molecular weight is 287 g/mol. The van der Waals surface area contributed by atoms with Crippen LogP contribution in [0, 0.1) is 6.92 Å². The number of benzene rings is 1. The zero-order valence-corrected chi connectivity index (χ0v) is 12.1. The number of ether oxygens (including phenoxy) is 2. The highest BCUT2D eigenvalue weighted by molar-refractivity contribution is 5.98. The van der Waals surface area contributed by atoms with Crippen molar-refractivity contribution in [3.63, 3.8) is 0 Å². The minimum Gasteiger partial charge on any atom is -0.497 e. The van der Waals surface area contributed by atoms with Crippen LogP contribution in [0.3, 0.4) is 0 Å². The summed E-state index contributed by atoms with van der Waals surface area (Å²) in [4.78, 5) is 15.8. The first kappa shape index (κ1) is 14.6. The average Bonchev–Trinajstić information content (AvgIpc) is 2.50. The molecule has 2 aromatic rings. The fraction of sp³-hybridized carbons (Fsp3) is 0.200. The maximum atomic E-state index is 11.6. The van der Waals surface area contributed by atoms with Gasteiger partial charge in [0.15, 0.2) is 5.82 Å². The Balaban J connectivity index is 2.34. The first-order valence-corrected chi connectivity index (χ1v) is 6.31. The number of hydrogen-bond donors (Lipinski definition) is 2. The summed E-state index contributed by atoms with van der Waals surface area (Å²) in [6.07, 6.45) is 1.50. The highest BCUT2D eigenvalue weighted by Gasteiger charge is 2.14. The summed E-state index contributed by atoms with van der Waals surface area (Å²) in [5, 5.41) is 3.11. The predicted molar refractivity (Wildman–Crippen MR) is 81.0 cm³/mol. The number of methoxy groups -OCH3 is 2. The van der Waals surface area contributed by atoms with Crippen molar-refractivity contribution in [3.8, 4) is 5.75 Å². The van der Waals surface area contributed by atoms with Crippen molar-refractivity contribution >= 4 is 23.2 Å². The molecule has 0 bridgehead atoms. The lowest BCUT2D eigenvalue weighted by molar-refractivity contribution is 0.0602. The number of anilines is 3. The number of rotatable bonds is 4. The Labute approximate surface area is 122 Å². The summed E-state index contributed by atoms with van der Waals surface area (Å²) in [6, 6.07) is 7.10. The molecule has 6 nitrogen and oxygen atoms in total. The van der Waals surface area contributed by atoms with Crippen LogP contribution in [-0.2, 0) is 4.74 Å². The second kappa shape index (κ2) is 6.13. The van der Waals surface area contributed by atoms with E-state index >= 15 is 0 Å². The molecule has 0 aliphatic rings. The molecule has 0 saturated carbocycles. The Morgan fingerprint density at radius 2 is 2.05 bits per heavy atom. The number of nitrogens with two attached hydrogens (primary N) is 1. The van der Waals surface area contributed by atoms with E-state index in [1.165, 1.54) is 19.4 Å². The maximum absolute atomic E-state index is 11.6. The van der Waals surface area contributed by atoms with E-state index in [0.29, 0.717) is 5.82 Å². The van der Waals surface area contributed by atoms with Crippen LogP contribution >= 0.6 is 0 Å². The number of aryl methyl sites for hydroxylation is 1. The smallest absolute Gasteiger partial charge is 0.340 e. The van der Waals surface area contributed by atoms with E-state index in [1.54, 1.807) is 7.11 Å². The molecule has 2 rings (SSSR count). The molecule has 1 aromatic carbocycles. The Kier molecular flexibility index (Phi) is 4.27. The molecular weight excluding hydrogens is 270 g/mol. The zero-order chi connectivity index (χ0) is 15.4. The highest BCUT2D eigenvalue weighted by Crippen LogP contribution is 2.28. The van der Waals surface area contributed by atoms with Crippen molar-refractivity contribution in [2.45, 2.75) is 6.92 Å². The molecule has 0 aliphatic heterocycles. The van der Waals surface area contributed by atoms with Crippen LogP contribution in [0.1, 0.15) is 15.9 Å². The van der Waals surface area contributed by atoms with Crippen LogP contribution in [0.5, 0.6) is 5.75 Å². The van der Waals surface area contributed by atoms with Gasteiger partial charge in [0.1, 0.15) is 5.75 Å². The fourth-order valence-electron chi connectivity index (χ4n) is 1.89. The molecule has 0 saturated heterocycles. The van der Waals surface area contributed by atoms with E-state index in [9.17, 15) is 4.79 Å². The maximum Gasteiger partial charge on any atom is 0.340 e. The first-order valence-electron chi connectivity index (χ1n) is 6.31. The van der Waals surface area contributed by atoms with Gasteiger partial charge in [-0.05, 0) is 36.8 Å². The van der Waals surface area contributed by atoms with Gasteiger partial charge in [0, 0.05) is 11.9 Å². The largest absolute Gasteiger partial charge is 0.497 e. The second-order valence-corrected chi connectivity index (χ2v) is 4.42. The van der Waals surface area contributed by atoms with E-state index in [0.717, 1.165) is 17.0 Å². The third-order valence-corrected chi connectivity index (χ3v) is 3.08. The molecule has 0 atom stereocenters. The van der Waals surface area contributed by atoms with E-state index in [1.807, 2.05) is 25.1 Å². The van der Waals surface area contributed by atoms with Crippen molar-refractivity contribution in [1.29, 1.82) is 0 Å². The normalized spacial score (nSPS) is 10.0. The molecule has 0 unspecified atom stereocenters. The summed E-state index contributed by atoms with van der Waals surface area (Å²) >= 11 is 0. The Morgan fingerprint density at radius 1 is 1.29 bits per heavy atom. The quantitative estimate of drug-likeness (QED) is 0.840. The Morgan fingerprint density at radius 3 is 2.67 bits per heavy atom. The van der Waals surface area contributed by atoms with Gasteiger partial charge in [0.25, 0.3) is 0 Å². The number of nitrogen functional groups attached to an aromatic ring is 1. The predicted octanol–water partition coefficient (Wildman–Crippen LogP) is 2.51. The lowest BCUT2D eigenvalue weighted by Crippen LogP contribution is -2.09. The lowest BCUT2D eigenvalue weighted by Gasteiger charge is -2.13. The van der Waals surface area contributed by atoms with Crippen LogP contribution < -0.4 is 15.8 Å². The van der Waals surface area contributed by atoms with Crippen molar-refractivity contribution in [2.24, 2.45) is 0 Å². The number of hydrogen-bond acceptors (Lipinski definition) is 6. The second-order valence-electron chi connectivity index (χ2n) is 4.42. The van der Waals surface area contributed by atoms with Crippen molar-refractivity contribution in [2.75, 3.05) is 25.3 Å². The minimum absolute atomic E-state index is 0.250. The minimum atomic E-state index is -0.496. The summed E-state index contributed by atoms with van der Waals surface area (Å²) in [6.45, 7) is 1.94. The molecule has 1 heterocycles. The lowest BCUT2D eigenvalue weighted by atomic mass is 10.1. The molecular formula is C15H17N3O3. The van der Waals surface area contributed by atoms with E-state index in [4.69, 9.17) is 10.5 Å². The molecule has 6 heteroatoms. The molecule has 0 radical (unpaired) electrons. The van der Waals surface area contributed by atoms with Crippen LogP contribution in [0.4, 0.5) is 17.2 Å². The number of aromatic nitrogens is 1. The van der Waals surface area contributed by atoms with Gasteiger partial charge < -0.3 is 20.5 Å². The third kappa shape index (κ3) is 3.05. The Hall–Kier alpha value is -2.76. The van der Waals surface area contributed by atoms with Gasteiger partial charge in [-0.3, -0.25) is 0 Å². The number of nitrogens with one attached hydrogen (secondary N) is 1. The number of pyridine rings is 1. The highest BCUT2D eigenvalue weighted by atomic mass is 16.5. The van der Waals surface area contributed by atoms with Crippen LogP contribution in [-0.4, -0.2) is 25.2 Å². The molecule has 110 valence electrons. The summed E-state index contributed by atoms with van der Waals surface area (Å²) < 4.78 is 9.85. The fourth-order valence-corrected chi connectivity index (χ4v) is 1.89. The van der Waals surface area contributed by atoms with Crippen LogP contribution in [0.25, 0.3) is 0 Å². The third-order valence-electron chi connectivity index (χ3n) is 3.08. The van der Waals surface area contributed by atoms with Gasteiger partial charge in [-0.25, -0.2) is 9.78 Å². The molecule has 0 aliphatic carbocycles. The van der Waals surface area contributed by atoms with Gasteiger partial charge in [-0.1, -0.05) is 0 Å². The van der Waals surface area contributed by atoms with Gasteiger partial charge in [0.2, 0.25) is 0 Å². The molecule has 0 amide bonds. The van der Waals surface area contributed by atoms with Crippen molar-refractivity contribution in [3.05, 3.63) is 41.6 Å². The monoisotopic (exact) mass is 287 g/mol. The van der Waals surface area contributed by atoms with Gasteiger partial charge in [-0.2, -0.15) is 0 Å². The number of nitrogens with zero attached hydrogens (tertiary/aromatic N) is 1. The Bertz CT molecular complexity index is 671. The number of carbonyl (C=O) groups is 1. The van der Waals surface area contributed by atoms with Crippen molar-refractivity contribution < 1.29 is 14.3 Å². The molecule has 0 fully saturated rings. The molecule has 21 heavy (non-hydrogen) atoms. The van der Waals surface area contributed by atoms with Gasteiger partial charge >= 0.3 is 5.97 Å². The first-order chi connectivity index (χ1) is 10.1. The topological polar surface area (TPSA) is 86.5 Å². The van der Waals surface area contributed by atoms with E-state index < -0.39 is 5.97 Å². The zero-order valence-electron chi connectivity index (χ0n) is 12.1. The number of esters is 1. The summed E-state index contributed by atoms with van der Waals surface area (Å²) in [5.74, 6) is 0.679. The van der Waals surface area contributed by atoms with Crippen LogP contribution in [0.2, 0.25) is 0 Å².